The monoisotopic (exact) mass is 717 g/mol. The van der Waals surface area contributed by atoms with Gasteiger partial charge in [-0.2, -0.15) is 0 Å². The Hall–Kier alpha value is -7.77. The van der Waals surface area contributed by atoms with Crippen LogP contribution in [0.5, 0.6) is 0 Å². The molecule has 11 aromatic rings. The Bertz CT molecular complexity index is 3130. The van der Waals surface area contributed by atoms with E-state index in [1.807, 2.05) is 61.2 Å². The number of hydrogen-bond donors (Lipinski definition) is 0. The van der Waals surface area contributed by atoms with Crippen LogP contribution in [-0.4, -0.2) is 34.1 Å². The molecular formula is C49H31N7. The topological polar surface area (TPSA) is 74.3 Å². The van der Waals surface area contributed by atoms with Crippen molar-refractivity contribution in [1.82, 2.24) is 34.1 Å². The van der Waals surface area contributed by atoms with Crippen LogP contribution < -0.4 is 0 Å². The number of pyridine rings is 5. The maximum absolute atomic E-state index is 5.22. The molecule has 0 atom stereocenters. The number of aromatic nitrogens is 7. The summed E-state index contributed by atoms with van der Waals surface area (Å²) in [4.78, 5) is 24.2. The van der Waals surface area contributed by atoms with Gasteiger partial charge in [0.05, 0.1) is 62.2 Å². The van der Waals surface area contributed by atoms with Crippen LogP contribution in [0, 0.1) is 0 Å². The van der Waals surface area contributed by atoms with Crippen LogP contribution in [0.4, 0.5) is 0 Å². The van der Waals surface area contributed by atoms with Crippen LogP contribution in [0.1, 0.15) is 0 Å². The minimum atomic E-state index is 0.775. The third-order valence-electron chi connectivity index (χ3n) is 10.5. The van der Waals surface area contributed by atoms with Crippen molar-refractivity contribution in [1.29, 1.82) is 0 Å². The molecule has 0 aliphatic heterocycles. The van der Waals surface area contributed by atoms with E-state index in [0.717, 1.165) is 89.5 Å². The maximum atomic E-state index is 5.22. The van der Waals surface area contributed by atoms with E-state index in [2.05, 4.69) is 142 Å². The lowest BCUT2D eigenvalue weighted by molar-refractivity contribution is 1.16. The van der Waals surface area contributed by atoms with E-state index in [4.69, 9.17) is 19.9 Å². The fraction of sp³-hybridized carbons (Fsp3) is 0. The number of para-hydroxylation sites is 2. The largest absolute Gasteiger partial charge is 0.308 e. The minimum Gasteiger partial charge on any atom is -0.308 e. The second kappa shape index (κ2) is 13.0. The summed E-state index contributed by atoms with van der Waals surface area (Å²) in [5.41, 5.74) is 14.7. The summed E-state index contributed by atoms with van der Waals surface area (Å²) < 4.78 is 4.54. The Morgan fingerprint density at radius 1 is 0.339 bits per heavy atom. The maximum Gasteiger partial charge on any atom is 0.0963 e. The fourth-order valence-corrected chi connectivity index (χ4v) is 7.95. The van der Waals surface area contributed by atoms with Gasteiger partial charge >= 0.3 is 0 Å². The highest BCUT2D eigenvalue weighted by molar-refractivity contribution is 6.09. The van der Waals surface area contributed by atoms with E-state index in [1.165, 1.54) is 10.8 Å². The van der Waals surface area contributed by atoms with Crippen molar-refractivity contribution in [2.45, 2.75) is 0 Å². The van der Waals surface area contributed by atoms with E-state index in [1.54, 1.807) is 0 Å². The van der Waals surface area contributed by atoms with E-state index in [9.17, 15) is 0 Å². The fourth-order valence-electron chi connectivity index (χ4n) is 7.95. The van der Waals surface area contributed by atoms with Gasteiger partial charge in [-0.15, -0.1) is 0 Å². The summed E-state index contributed by atoms with van der Waals surface area (Å²) >= 11 is 0. The normalized spacial score (nSPS) is 11.6. The Morgan fingerprint density at radius 3 is 1.71 bits per heavy atom. The zero-order valence-corrected chi connectivity index (χ0v) is 30.0. The summed E-state index contributed by atoms with van der Waals surface area (Å²) in [7, 11) is 0. The zero-order chi connectivity index (χ0) is 37.0. The van der Waals surface area contributed by atoms with E-state index in [-0.39, 0.29) is 0 Å². The summed E-state index contributed by atoms with van der Waals surface area (Å²) in [6.07, 6.45) is 7.47. The third-order valence-corrected chi connectivity index (χ3v) is 10.5. The van der Waals surface area contributed by atoms with Gasteiger partial charge < -0.3 is 9.13 Å². The van der Waals surface area contributed by atoms with Crippen molar-refractivity contribution < 1.29 is 0 Å². The van der Waals surface area contributed by atoms with E-state index < -0.39 is 0 Å². The molecule has 7 nitrogen and oxygen atoms in total. The summed E-state index contributed by atoms with van der Waals surface area (Å²) in [5, 5.41) is 3.52. The third kappa shape index (κ3) is 5.25. The van der Waals surface area contributed by atoms with Gasteiger partial charge in [0.15, 0.2) is 0 Å². The molecule has 0 aliphatic rings. The van der Waals surface area contributed by atoms with Crippen molar-refractivity contribution >= 4 is 43.7 Å². The predicted molar refractivity (Wildman–Crippen MR) is 226 cm³/mol. The first-order valence-corrected chi connectivity index (χ1v) is 18.6. The molecule has 0 spiro atoms. The molecular weight excluding hydrogens is 687 g/mol. The molecule has 0 unspecified atom stereocenters. The van der Waals surface area contributed by atoms with Crippen molar-refractivity contribution in [3.63, 3.8) is 0 Å². The lowest BCUT2D eigenvalue weighted by atomic mass is 10.0. The molecule has 0 fully saturated rings. The molecule has 262 valence electrons. The number of rotatable bonds is 6. The van der Waals surface area contributed by atoms with Gasteiger partial charge in [-0.1, -0.05) is 72.8 Å². The molecule has 56 heavy (non-hydrogen) atoms. The molecule has 0 aliphatic carbocycles. The van der Waals surface area contributed by atoms with Gasteiger partial charge in [-0.25, -0.2) is 9.97 Å². The van der Waals surface area contributed by atoms with Gasteiger partial charge in [0.25, 0.3) is 0 Å². The summed E-state index contributed by atoms with van der Waals surface area (Å²) in [5.74, 6) is 0. The van der Waals surface area contributed by atoms with E-state index in [0.29, 0.717) is 0 Å². The van der Waals surface area contributed by atoms with Gasteiger partial charge in [0, 0.05) is 62.8 Å². The number of benzene rings is 4. The van der Waals surface area contributed by atoms with Crippen LogP contribution in [0.15, 0.2) is 189 Å². The predicted octanol–water partition coefficient (Wildman–Crippen LogP) is 11.5. The quantitative estimate of drug-likeness (QED) is 0.171. The van der Waals surface area contributed by atoms with Crippen LogP contribution in [-0.2, 0) is 0 Å². The highest BCUT2D eigenvalue weighted by Gasteiger charge is 2.16. The zero-order valence-electron chi connectivity index (χ0n) is 30.0. The molecule has 0 saturated heterocycles. The first-order valence-electron chi connectivity index (χ1n) is 18.6. The molecule has 7 heteroatoms. The Balaban J connectivity index is 0.975. The molecule has 11 rings (SSSR count). The molecule has 0 N–H and O–H groups in total. The van der Waals surface area contributed by atoms with Crippen LogP contribution in [0.2, 0.25) is 0 Å². The van der Waals surface area contributed by atoms with Crippen molar-refractivity contribution in [3.8, 4) is 56.5 Å². The molecule has 7 aromatic heterocycles. The molecule has 0 radical (unpaired) electrons. The van der Waals surface area contributed by atoms with Gasteiger partial charge in [-0.05, 0) is 91.0 Å². The summed E-state index contributed by atoms with van der Waals surface area (Å²) in [6, 6.07) is 56.6. The van der Waals surface area contributed by atoms with Crippen molar-refractivity contribution in [2.75, 3.05) is 0 Å². The Labute approximate surface area is 321 Å². The first kappa shape index (κ1) is 31.7. The Kier molecular flexibility index (Phi) is 7.35. The van der Waals surface area contributed by atoms with Crippen LogP contribution >= 0.6 is 0 Å². The summed E-state index contributed by atoms with van der Waals surface area (Å²) in [6.45, 7) is 0. The van der Waals surface area contributed by atoms with E-state index >= 15 is 0 Å². The first-order chi connectivity index (χ1) is 27.8. The molecule has 0 saturated carbocycles. The lowest BCUT2D eigenvalue weighted by Crippen LogP contribution is -1.97. The van der Waals surface area contributed by atoms with Gasteiger partial charge in [0.2, 0.25) is 0 Å². The second-order valence-corrected chi connectivity index (χ2v) is 13.8. The average Bonchev–Trinajstić information content (AvgIpc) is 3.80. The molecule has 0 amide bonds. The van der Waals surface area contributed by atoms with Crippen molar-refractivity contribution in [3.05, 3.63) is 189 Å². The number of fused-ring (bicyclic) bond motifs is 6. The average molecular weight is 718 g/mol. The Morgan fingerprint density at radius 2 is 0.929 bits per heavy atom. The number of hydrogen-bond acceptors (Lipinski definition) is 5. The molecule has 0 bridgehead atoms. The number of nitrogens with zero attached hydrogens (tertiary/aromatic N) is 7. The van der Waals surface area contributed by atoms with Crippen LogP contribution in [0.25, 0.3) is 100 Å². The SMILES string of the molecule is c1ccc(-c2cc(-c3ccc(-n4c5ccccc5c5ccncc54)cc3)nc(-c3cccc(-c4ccc(-n5c6ccccc6c6ncccc65)cc4)n3)c2)nc1. The molecule has 7 heterocycles. The standard InChI is InChI=1S/C49H31N7/c1-3-14-45-37(9-1)38-25-28-50-31-48(38)56(45)36-23-19-33(20-24-36)43-29-34(40-11-5-6-26-51-40)30-44(54-43)42-13-7-12-41(53-42)32-17-21-35(22-18-32)55-46-15-4-2-10-39(46)49-47(55)16-8-27-52-49/h1-31H. The van der Waals surface area contributed by atoms with Gasteiger partial charge in [-0.3, -0.25) is 15.0 Å². The molecule has 4 aromatic carbocycles. The minimum absolute atomic E-state index is 0.775. The van der Waals surface area contributed by atoms with Crippen LogP contribution in [0.3, 0.4) is 0 Å². The van der Waals surface area contributed by atoms with Crippen molar-refractivity contribution in [2.24, 2.45) is 0 Å². The lowest BCUT2D eigenvalue weighted by Gasteiger charge is -2.12. The second-order valence-electron chi connectivity index (χ2n) is 13.8. The smallest absolute Gasteiger partial charge is 0.0963 e. The highest BCUT2D eigenvalue weighted by atomic mass is 15.0. The highest BCUT2D eigenvalue weighted by Crippen LogP contribution is 2.35. The van der Waals surface area contributed by atoms with Gasteiger partial charge in [0.1, 0.15) is 0 Å².